The van der Waals surface area contributed by atoms with Gasteiger partial charge in [0.25, 0.3) is 0 Å². The van der Waals surface area contributed by atoms with Crippen LogP contribution >= 0.6 is 11.3 Å². The predicted molar refractivity (Wildman–Crippen MR) is 96.4 cm³/mol. The highest BCUT2D eigenvalue weighted by Crippen LogP contribution is 2.33. The van der Waals surface area contributed by atoms with Crippen molar-refractivity contribution in [2.75, 3.05) is 37.7 Å². The van der Waals surface area contributed by atoms with E-state index in [1.165, 1.54) is 22.6 Å². The summed E-state index contributed by atoms with van der Waals surface area (Å²) in [5, 5.41) is 0. The third-order valence-corrected chi connectivity index (χ3v) is 5.89. The van der Waals surface area contributed by atoms with Crippen molar-refractivity contribution in [1.29, 1.82) is 0 Å². The standard InChI is InChI=1S/C18H24N4OS/c1-4-16(23-13-1)17-6-5-15(24-17)14-21-9-3-10-22(12-11-21)18-19-7-2-8-20-18/h2,5-8,16H,1,3-4,9-14H2/t16-/m0/s1. The average Bonchev–Trinajstić information content (AvgIpc) is 3.25. The van der Waals surface area contributed by atoms with Crippen LogP contribution in [0.2, 0.25) is 0 Å². The fourth-order valence-electron chi connectivity index (χ4n) is 3.46. The molecule has 2 aromatic heterocycles. The second kappa shape index (κ2) is 7.59. The molecule has 0 spiro atoms. The molecule has 0 aromatic carbocycles. The van der Waals surface area contributed by atoms with Gasteiger partial charge in [0.05, 0.1) is 6.10 Å². The van der Waals surface area contributed by atoms with Crippen LogP contribution in [0, 0.1) is 0 Å². The Morgan fingerprint density at radius 3 is 2.83 bits per heavy atom. The van der Waals surface area contributed by atoms with Crippen LogP contribution in [0.15, 0.2) is 30.6 Å². The van der Waals surface area contributed by atoms with Gasteiger partial charge in [-0.25, -0.2) is 9.97 Å². The summed E-state index contributed by atoms with van der Waals surface area (Å²) in [5.74, 6) is 0.858. The van der Waals surface area contributed by atoms with E-state index in [0.29, 0.717) is 6.10 Å². The highest BCUT2D eigenvalue weighted by atomic mass is 32.1. The lowest BCUT2D eigenvalue weighted by atomic mass is 10.2. The molecule has 0 bridgehead atoms. The highest BCUT2D eigenvalue weighted by Gasteiger charge is 2.21. The van der Waals surface area contributed by atoms with Crippen molar-refractivity contribution < 1.29 is 4.74 Å². The van der Waals surface area contributed by atoms with Gasteiger partial charge in [-0.3, -0.25) is 4.90 Å². The van der Waals surface area contributed by atoms with Crippen molar-refractivity contribution in [2.45, 2.75) is 31.9 Å². The number of anilines is 1. The van der Waals surface area contributed by atoms with Crippen molar-refractivity contribution in [3.8, 4) is 0 Å². The van der Waals surface area contributed by atoms with E-state index in [1.807, 2.05) is 29.8 Å². The van der Waals surface area contributed by atoms with Crippen LogP contribution in [0.25, 0.3) is 0 Å². The summed E-state index contributed by atoms with van der Waals surface area (Å²) in [4.78, 5) is 16.5. The molecule has 2 aliphatic rings. The normalized spacial score (nSPS) is 22.7. The van der Waals surface area contributed by atoms with Gasteiger partial charge in [0.1, 0.15) is 0 Å². The molecule has 0 saturated carbocycles. The lowest BCUT2D eigenvalue weighted by molar-refractivity contribution is 0.114. The first-order chi connectivity index (χ1) is 11.9. The number of ether oxygens (including phenoxy) is 1. The van der Waals surface area contributed by atoms with E-state index < -0.39 is 0 Å². The third kappa shape index (κ3) is 3.77. The molecule has 2 aromatic rings. The molecule has 24 heavy (non-hydrogen) atoms. The largest absolute Gasteiger partial charge is 0.373 e. The van der Waals surface area contributed by atoms with Crippen LogP contribution in [-0.4, -0.2) is 47.7 Å². The molecule has 0 N–H and O–H groups in total. The summed E-state index contributed by atoms with van der Waals surface area (Å²) in [6.07, 6.45) is 7.52. The van der Waals surface area contributed by atoms with Crippen molar-refractivity contribution in [3.63, 3.8) is 0 Å². The number of hydrogen-bond acceptors (Lipinski definition) is 6. The summed E-state index contributed by atoms with van der Waals surface area (Å²) in [5.41, 5.74) is 0. The molecule has 2 aliphatic heterocycles. The Labute approximate surface area is 147 Å². The van der Waals surface area contributed by atoms with Crippen molar-refractivity contribution >= 4 is 17.3 Å². The lowest BCUT2D eigenvalue weighted by Gasteiger charge is -2.21. The third-order valence-electron chi connectivity index (χ3n) is 4.73. The van der Waals surface area contributed by atoms with Crippen LogP contribution in [0.4, 0.5) is 5.95 Å². The van der Waals surface area contributed by atoms with E-state index in [-0.39, 0.29) is 0 Å². The van der Waals surface area contributed by atoms with Gasteiger partial charge in [0, 0.05) is 61.5 Å². The summed E-state index contributed by atoms with van der Waals surface area (Å²) in [6.45, 7) is 6.18. The Hall–Kier alpha value is -1.50. The minimum Gasteiger partial charge on any atom is -0.373 e. The summed E-state index contributed by atoms with van der Waals surface area (Å²) < 4.78 is 5.80. The summed E-state index contributed by atoms with van der Waals surface area (Å²) >= 11 is 1.92. The molecule has 1 atom stereocenters. The Morgan fingerprint density at radius 2 is 2.00 bits per heavy atom. The van der Waals surface area contributed by atoms with Gasteiger partial charge >= 0.3 is 0 Å². The minimum absolute atomic E-state index is 0.346. The van der Waals surface area contributed by atoms with E-state index in [2.05, 4.69) is 31.9 Å². The number of nitrogens with zero attached hydrogens (tertiary/aromatic N) is 4. The molecule has 2 fully saturated rings. The fourth-order valence-corrected chi connectivity index (χ4v) is 4.60. The first kappa shape index (κ1) is 16.0. The number of aromatic nitrogens is 2. The van der Waals surface area contributed by atoms with Crippen molar-refractivity contribution in [3.05, 3.63) is 40.3 Å². The maximum absolute atomic E-state index is 5.80. The Balaban J connectivity index is 1.34. The first-order valence-corrected chi connectivity index (χ1v) is 9.65. The zero-order valence-corrected chi connectivity index (χ0v) is 14.7. The molecule has 0 unspecified atom stereocenters. The molecule has 0 aliphatic carbocycles. The zero-order valence-electron chi connectivity index (χ0n) is 13.9. The number of hydrogen-bond donors (Lipinski definition) is 0. The second-order valence-corrected chi connectivity index (χ2v) is 7.67. The van der Waals surface area contributed by atoms with Crippen LogP contribution in [0.1, 0.15) is 35.1 Å². The highest BCUT2D eigenvalue weighted by molar-refractivity contribution is 7.12. The van der Waals surface area contributed by atoms with E-state index in [1.54, 1.807) is 0 Å². The quantitative estimate of drug-likeness (QED) is 0.852. The molecule has 5 nitrogen and oxygen atoms in total. The maximum Gasteiger partial charge on any atom is 0.225 e. The molecule has 6 heteroatoms. The predicted octanol–water partition coefficient (Wildman–Crippen LogP) is 3.10. The average molecular weight is 344 g/mol. The van der Waals surface area contributed by atoms with Gasteiger partial charge in [0.15, 0.2) is 0 Å². The van der Waals surface area contributed by atoms with Gasteiger partial charge < -0.3 is 9.64 Å². The summed E-state index contributed by atoms with van der Waals surface area (Å²) in [7, 11) is 0. The number of thiophene rings is 1. The van der Waals surface area contributed by atoms with E-state index in [0.717, 1.165) is 51.7 Å². The van der Waals surface area contributed by atoms with E-state index >= 15 is 0 Å². The Kier molecular flexibility index (Phi) is 5.06. The Morgan fingerprint density at radius 1 is 1.08 bits per heavy atom. The topological polar surface area (TPSA) is 41.5 Å². The van der Waals surface area contributed by atoms with E-state index in [4.69, 9.17) is 4.74 Å². The van der Waals surface area contributed by atoms with Crippen LogP contribution in [-0.2, 0) is 11.3 Å². The van der Waals surface area contributed by atoms with Crippen molar-refractivity contribution in [2.24, 2.45) is 0 Å². The minimum atomic E-state index is 0.346. The summed E-state index contributed by atoms with van der Waals surface area (Å²) in [6, 6.07) is 6.42. The van der Waals surface area contributed by atoms with Crippen LogP contribution in [0.3, 0.4) is 0 Å². The van der Waals surface area contributed by atoms with Gasteiger partial charge in [0.2, 0.25) is 5.95 Å². The van der Waals surface area contributed by atoms with Gasteiger partial charge in [-0.2, -0.15) is 0 Å². The smallest absolute Gasteiger partial charge is 0.225 e. The van der Waals surface area contributed by atoms with Crippen molar-refractivity contribution in [1.82, 2.24) is 14.9 Å². The molecule has 0 radical (unpaired) electrons. The Bertz CT molecular complexity index is 641. The van der Waals surface area contributed by atoms with Crippen LogP contribution < -0.4 is 4.90 Å². The number of rotatable bonds is 4. The molecule has 0 amide bonds. The fraction of sp³-hybridized carbons (Fsp3) is 0.556. The maximum atomic E-state index is 5.80. The molecule has 4 heterocycles. The van der Waals surface area contributed by atoms with E-state index in [9.17, 15) is 0 Å². The monoisotopic (exact) mass is 344 g/mol. The second-order valence-electron chi connectivity index (χ2n) is 6.47. The van der Waals surface area contributed by atoms with Gasteiger partial charge in [-0.05, 0) is 37.5 Å². The molecular weight excluding hydrogens is 320 g/mol. The van der Waals surface area contributed by atoms with Crippen LogP contribution in [0.5, 0.6) is 0 Å². The van der Waals surface area contributed by atoms with Gasteiger partial charge in [-0.1, -0.05) is 0 Å². The molecule has 2 saturated heterocycles. The van der Waals surface area contributed by atoms with Gasteiger partial charge in [-0.15, -0.1) is 11.3 Å². The first-order valence-electron chi connectivity index (χ1n) is 8.83. The zero-order chi connectivity index (χ0) is 16.2. The molecular formula is C18H24N4OS. The molecule has 128 valence electrons. The lowest BCUT2D eigenvalue weighted by Crippen LogP contribution is -2.31. The SMILES string of the molecule is c1cnc(N2CCCN(Cc3ccc([C@@H]4CCCO4)s3)CC2)nc1. The molecule has 4 rings (SSSR count).